The number of fused-ring (bicyclic) bond motifs is 1. The number of aromatic nitrogens is 2. The van der Waals surface area contributed by atoms with E-state index < -0.39 is 0 Å². The van der Waals surface area contributed by atoms with E-state index in [1.165, 1.54) is 0 Å². The molecular weight excluding hydrogens is 318 g/mol. The molecule has 0 bridgehead atoms. The van der Waals surface area contributed by atoms with Gasteiger partial charge in [-0.05, 0) is 30.7 Å². The van der Waals surface area contributed by atoms with E-state index in [4.69, 9.17) is 0 Å². The van der Waals surface area contributed by atoms with E-state index in [-0.39, 0.29) is 11.9 Å². The van der Waals surface area contributed by atoms with E-state index in [0.717, 1.165) is 23.0 Å². The Morgan fingerprint density at radius 2 is 2.04 bits per heavy atom. The Labute approximate surface area is 144 Å². The van der Waals surface area contributed by atoms with Crippen molar-refractivity contribution in [3.8, 4) is 0 Å². The molecule has 1 aliphatic rings. The molecule has 0 saturated carbocycles. The molecular formula is C18H17N5O2. The third-order valence-corrected chi connectivity index (χ3v) is 4.18. The monoisotopic (exact) mass is 335 g/mol. The second-order valence-corrected chi connectivity index (χ2v) is 5.86. The lowest BCUT2D eigenvalue weighted by atomic mass is 10.2. The molecule has 4 rings (SSSR count). The zero-order valence-corrected chi connectivity index (χ0v) is 13.5. The molecule has 0 spiro atoms. The van der Waals surface area contributed by atoms with E-state index in [0.29, 0.717) is 24.5 Å². The van der Waals surface area contributed by atoms with Crippen LogP contribution in [0, 0.1) is 0 Å². The van der Waals surface area contributed by atoms with Crippen molar-refractivity contribution in [2.45, 2.75) is 6.42 Å². The highest BCUT2D eigenvalue weighted by molar-refractivity contribution is 6.11. The van der Waals surface area contributed by atoms with Gasteiger partial charge in [0.25, 0.3) is 5.91 Å². The molecule has 0 atom stereocenters. The molecule has 1 saturated heterocycles. The van der Waals surface area contributed by atoms with Gasteiger partial charge in [-0.3, -0.25) is 14.8 Å². The number of anilines is 2. The highest BCUT2D eigenvalue weighted by Crippen LogP contribution is 2.22. The maximum atomic E-state index is 12.6. The zero-order chi connectivity index (χ0) is 17.2. The minimum absolute atomic E-state index is 0.118. The van der Waals surface area contributed by atoms with E-state index in [1.54, 1.807) is 17.0 Å². The van der Waals surface area contributed by atoms with Crippen molar-refractivity contribution in [2.75, 3.05) is 23.3 Å². The summed E-state index contributed by atoms with van der Waals surface area (Å²) in [6.07, 6.45) is 0.890. The van der Waals surface area contributed by atoms with Crippen molar-refractivity contribution in [2.24, 2.45) is 0 Å². The van der Waals surface area contributed by atoms with Gasteiger partial charge in [-0.15, -0.1) is 0 Å². The number of rotatable bonds is 3. The second-order valence-electron chi connectivity index (χ2n) is 5.86. The van der Waals surface area contributed by atoms with Gasteiger partial charge in [0.15, 0.2) is 5.69 Å². The van der Waals surface area contributed by atoms with Crippen molar-refractivity contribution < 1.29 is 9.59 Å². The first-order valence-electron chi connectivity index (χ1n) is 8.12. The van der Waals surface area contributed by atoms with Crippen LogP contribution in [0.4, 0.5) is 16.2 Å². The molecule has 3 aromatic rings. The minimum atomic E-state index is -0.294. The molecule has 7 nitrogen and oxygen atoms in total. The van der Waals surface area contributed by atoms with Gasteiger partial charge in [0.1, 0.15) is 0 Å². The van der Waals surface area contributed by atoms with Crippen LogP contribution >= 0.6 is 0 Å². The van der Waals surface area contributed by atoms with E-state index in [9.17, 15) is 9.59 Å². The maximum absolute atomic E-state index is 12.6. The second kappa shape index (κ2) is 6.27. The number of carbonyl (C=O) groups is 2. The molecule has 0 radical (unpaired) electrons. The normalized spacial score (nSPS) is 14.4. The summed E-state index contributed by atoms with van der Waals surface area (Å²) >= 11 is 0. The lowest BCUT2D eigenvalue weighted by Crippen LogP contribution is -2.46. The summed E-state index contributed by atoms with van der Waals surface area (Å²) in [5.74, 6) is -0.294. The number of H-pyrrole nitrogens is 1. The Morgan fingerprint density at radius 1 is 1.16 bits per heavy atom. The summed E-state index contributed by atoms with van der Waals surface area (Å²) < 4.78 is 0. The molecule has 0 aliphatic carbocycles. The first-order valence-corrected chi connectivity index (χ1v) is 8.12. The van der Waals surface area contributed by atoms with Crippen LogP contribution in [0.1, 0.15) is 16.9 Å². The largest absolute Gasteiger partial charge is 0.338 e. The van der Waals surface area contributed by atoms with Crippen molar-refractivity contribution >= 4 is 34.2 Å². The van der Waals surface area contributed by atoms with Gasteiger partial charge < -0.3 is 10.6 Å². The summed E-state index contributed by atoms with van der Waals surface area (Å²) in [7, 11) is 0. The third kappa shape index (κ3) is 2.91. The Balaban J connectivity index is 1.57. The summed E-state index contributed by atoms with van der Waals surface area (Å²) in [4.78, 5) is 26.2. The van der Waals surface area contributed by atoms with Crippen molar-refractivity contribution in [1.29, 1.82) is 0 Å². The summed E-state index contributed by atoms with van der Waals surface area (Å²) in [5.41, 5.74) is 2.53. The number of nitrogens with one attached hydrogen (secondary N) is 3. The predicted molar refractivity (Wildman–Crippen MR) is 95.9 cm³/mol. The molecule has 1 aromatic heterocycles. The first kappa shape index (κ1) is 15.2. The number of benzene rings is 2. The van der Waals surface area contributed by atoms with Gasteiger partial charge in [0, 0.05) is 29.9 Å². The van der Waals surface area contributed by atoms with Gasteiger partial charge in [0.2, 0.25) is 0 Å². The highest BCUT2D eigenvalue weighted by Gasteiger charge is 2.20. The Hall–Kier alpha value is -3.35. The number of para-hydroxylation sites is 1. The van der Waals surface area contributed by atoms with Crippen LogP contribution in [-0.2, 0) is 0 Å². The predicted octanol–water partition coefficient (Wildman–Crippen LogP) is 2.73. The third-order valence-electron chi connectivity index (χ3n) is 4.18. The average Bonchev–Trinajstić information content (AvgIpc) is 3.06. The van der Waals surface area contributed by atoms with E-state index in [2.05, 4.69) is 20.8 Å². The fourth-order valence-electron chi connectivity index (χ4n) is 2.95. The van der Waals surface area contributed by atoms with Crippen LogP contribution in [0.2, 0.25) is 0 Å². The number of amides is 3. The molecule has 126 valence electrons. The average molecular weight is 335 g/mol. The van der Waals surface area contributed by atoms with Gasteiger partial charge in [-0.25, -0.2) is 4.79 Å². The standard InChI is InChI=1S/C18H17N5O2/c24-17(16-14-7-1-2-8-15(14)21-22-16)20-12-5-3-6-13(11-12)23-10-4-9-19-18(23)25/h1-3,5-8,11H,4,9-10H2,(H,19,25)(H,20,24)(H,21,22). The Bertz CT molecular complexity index is 949. The number of urea groups is 1. The lowest BCUT2D eigenvalue weighted by molar-refractivity contribution is 0.102. The van der Waals surface area contributed by atoms with Crippen molar-refractivity contribution in [3.05, 3.63) is 54.2 Å². The molecule has 25 heavy (non-hydrogen) atoms. The SMILES string of the molecule is O=C(Nc1cccc(N2CCCNC2=O)c1)c1n[nH]c2ccccc12. The van der Waals surface area contributed by atoms with Crippen LogP contribution in [0.3, 0.4) is 0 Å². The molecule has 1 fully saturated rings. The van der Waals surface area contributed by atoms with Crippen LogP contribution in [0.25, 0.3) is 10.9 Å². The summed E-state index contributed by atoms with van der Waals surface area (Å²) in [6.45, 7) is 1.35. The maximum Gasteiger partial charge on any atom is 0.321 e. The summed E-state index contributed by atoms with van der Waals surface area (Å²) in [6, 6.07) is 14.6. The highest BCUT2D eigenvalue weighted by atomic mass is 16.2. The smallest absolute Gasteiger partial charge is 0.321 e. The lowest BCUT2D eigenvalue weighted by Gasteiger charge is -2.27. The fraction of sp³-hybridized carbons (Fsp3) is 0.167. The van der Waals surface area contributed by atoms with E-state index >= 15 is 0 Å². The number of hydrogen-bond acceptors (Lipinski definition) is 3. The van der Waals surface area contributed by atoms with E-state index in [1.807, 2.05) is 36.4 Å². The summed E-state index contributed by atoms with van der Waals surface area (Å²) in [5, 5.41) is 13.4. The quantitative estimate of drug-likeness (QED) is 0.687. The van der Waals surface area contributed by atoms with Gasteiger partial charge >= 0.3 is 6.03 Å². The molecule has 3 N–H and O–H groups in total. The molecule has 0 unspecified atom stereocenters. The number of nitrogens with zero attached hydrogens (tertiary/aromatic N) is 2. The van der Waals surface area contributed by atoms with Crippen molar-refractivity contribution in [3.63, 3.8) is 0 Å². The van der Waals surface area contributed by atoms with Crippen molar-refractivity contribution in [1.82, 2.24) is 15.5 Å². The Morgan fingerprint density at radius 3 is 2.92 bits per heavy atom. The molecule has 2 heterocycles. The molecule has 3 amide bonds. The number of carbonyl (C=O) groups excluding carboxylic acids is 2. The van der Waals surface area contributed by atoms with Gasteiger partial charge in [-0.2, -0.15) is 5.10 Å². The zero-order valence-electron chi connectivity index (χ0n) is 13.5. The molecule has 1 aliphatic heterocycles. The first-order chi connectivity index (χ1) is 12.2. The number of aromatic amines is 1. The van der Waals surface area contributed by atoms with Gasteiger partial charge in [0.05, 0.1) is 5.52 Å². The Kier molecular flexibility index (Phi) is 3.81. The minimum Gasteiger partial charge on any atom is -0.338 e. The van der Waals surface area contributed by atoms with Crippen LogP contribution in [0.5, 0.6) is 0 Å². The molecule has 7 heteroatoms. The van der Waals surface area contributed by atoms with Crippen LogP contribution in [-0.4, -0.2) is 35.2 Å². The fourth-order valence-corrected chi connectivity index (χ4v) is 2.95. The number of hydrogen-bond donors (Lipinski definition) is 3. The van der Waals surface area contributed by atoms with Crippen LogP contribution < -0.4 is 15.5 Å². The van der Waals surface area contributed by atoms with Gasteiger partial charge in [-0.1, -0.05) is 24.3 Å². The molecule has 2 aromatic carbocycles. The van der Waals surface area contributed by atoms with Crippen LogP contribution in [0.15, 0.2) is 48.5 Å². The topological polar surface area (TPSA) is 90.1 Å².